The van der Waals surface area contributed by atoms with Crippen LogP contribution in [0, 0.1) is 0 Å². The highest BCUT2D eigenvalue weighted by Gasteiger charge is 2.23. The van der Waals surface area contributed by atoms with Crippen LogP contribution < -0.4 is 0 Å². The number of hydrogen-bond donors (Lipinski definition) is 0. The van der Waals surface area contributed by atoms with Gasteiger partial charge in [-0.15, -0.1) is 0 Å². The van der Waals surface area contributed by atoms with E-state index in [0.29, 0.717) is 0 Å². The van der Waals surface area contributed by atoms with E-state index in [2.05, 4.69) is 44.0 Å². The first-order valence-electron chi connectivity index (χ1n) is 4.84. The first kappa shape index (κ1) is 11.6. The summed E-state index contributed by atoms with van der Waals surface area (Å²) in [4.78, 5) is 0. The van der Waals surface area contributed by atoms with E-state index in [9.17, 15) is 0 Å². The Morgan fingerprint density at radius 3 is 2.80 bits per heavy atom. The monoisotopic (exact) mass is 334 g/mol. The zero-order valence-corrected chi connectivity index (χ0v) is 11.3. The number of rotatable bonds is 4. The molecule has 15 heavy (non-hydrogen) atoms. The van der Waals surface area contributed by atoms with Gasteiger partial charge in [-0.25, -0.2) is 0 Å². The van der Waals surface area contributed by atoms with Crippen LogP contribution in [0.2, 0.25) is 0 Å². The smallest absolute Gasteiger partial charge is 0.105 e. The van der Waals surface area contributed by atoms with Crippen molar-refractivity contribution in [2.75, 3.05) is 18.5 Å². The fraction of sp³-hybridized carbons (Fsp3) is 0.455. The predicted octanol–water partition coefficient (Wildman–Crippen LogP) is 3.30. The van der Waals surface area contributed by atoms with Gasteiger partial charge in [-0.3, -0.25) is 0 Å². The molecule has 1 atom stereocenters. The molecule has 2 rings (SSSR count). The van der Waals surface area contributed by atoms with Crippen LogP contribution in [0.4, 0.5) is 0 Å². The van der Waals surface area contributed by atoms with Gasteiger partial charge in [0.25, 0.3) is 0 Å². The van der Waals surface area contributed by atoms with Crippen molar-refractivity contribution < 1.29 is 9.47 Å². The molecule has 0 radical (unpaired) electrons. The van der Waals surface area contributed by atoms with E-state index in [4.69, 9.17) is 9.47 Å². The van der Waals surface area contributed by atoms with E-state index in [1.54, 1.807) is 0 Å². The molecule has 1 aromatic carbocycles. The van der Waals surface area contributed by atoms with Crippen molar-refractivity contribution in [1.82, 2.24) is 0 Å². The molecular weight excluding hydrogens is 324 g/mol. The van der Waals surface area contributed by atoms with Crippen LogP contribution in [0.15, 0.2) is 28.7 Å². The quantitative estimate of drug-likeness (QED) is 0.786. The van der Waals surface area contributed by atoms with E-state index < -0.39 is 0 Å². The van der Waals surface area contributed by atoms with E-state index >= 15 is 0 Å². The van der Waals surface area contributed by atoms with Gasteiger partial charge in [-0.2, -0.15) is 0 Å². The van der Waals surface area contributed by atoms with Crippen LogP contribution >= 0.6 is 31.9 Å². The zero-order chi connectivity index (χ0) is 10.7. The topological polar surface area (TPSA) is 18.5 Å². The zero-order valence-electron chi connectivity index (χ0n) is 8.16. The third-order valence-electron chi connectivity index (χ3n) is 2.32. The fourth-order valence-corrected chi connectivity index (χ4v) is 2.38. The lowest BCUT2D eigenvalue weighted by Crippen LogP contribution is -2.37. The normalized spacial score (nSPS) is 18.5. The van der Waals surface area contributed by atoms with Crippen LogP contribution in [0.1, 0.15) is 11.7 Å². The van der Waals surface area contributed by atoms with Gasteiger partial charge in [0.2, 0.25) is 0 Å². The molecule has 82 valence electrons. The number of benzene rings is 1. The molecular formula is C11H12Br2O2. The molecule has 0 bridgehead atoms. The number of hydrogen-bond acceptors (Lipinski definition) is 2. The molecule has 0 aromatic heterocycles. The Morgan fingerprint density at radius 2 is 2.27 bits per heavy atom. The summed E-state index contributed by atoms with van der Waals surface area (Å²) in [6, 6.07) is 8.21. The molecule has 0 spiro atoms. The van der Waals surface area contributed by atoms with E-state index in [0.717, 1.165) is 23.0 Å². The van der Waals surface area contributed by atoms with E-state index in [-0.39, 0.29) is 12.2 Å². The minimum atomic E-state index is 0.108. The first-order chi connectivity index (χ1) is 7.29. The summed E-state index contributed by atoms with van der Waals surface area (Å²) in [6.07, 6.45) is 0.364. The molecule has 0 N–H and O–H groups in total. The lowest BCUT2D eigenvalue weighted by molar-refractivity contribution is -0.150. The van der Waals surface area contributed by atoms with Crippen LogP contribution in [0.25, 0.3) is 0 Å². The van der Waals surface area contributed by atoms with Gasteiger partial charge in [-0.05, 0) is 17.7 Å². The second-order valence-electron chi connectivity index (χ2n) is 3.49. The minimum Gasteiger partial charge on any atom is -0.376 e. The summed E-state index contributed by atoms with van der Waals surface area (Å²) in [5.41, 5.74) is 1.19. The van der Waals surface area contributed by atoms with Crippen LogP contribution in [-0.4, -0.2) is 24.6 Å². The molecule has 1 aliphatic rings. The van der Waals surface area contributed by atoms with Crippen molar-refractivity contribution in [2.24, 2.45) is 0 Å². The van der Waals surface area contributed by atoms with Crippen molar-refractivity contribution in [2.45, 2.75) is 12.2 Å². The molecule has 4 heteroatoms. The Bertz CT molecular complexity index is 326. The van der Waals surface area contributed by atoms with Gasteiger partial charge in [0.05, 0.1) is 19.3 Å². The molecule has 2 nitrogen and oxygen atoms in total. The summed E-state index contributed by atoms with van der Waals surface area (Å²) < 4.78 is 12.1. The second-order valence-corrected chi connectivity index (χ2v) is 5.06. The van der Waals surface area contributed by atoms with Gasteiger partial charge in [0, 0.05) is 9.80 Å². The SMILES string of the molecule is BrCC(OC1COC1)c1cccc(Br)c1. The molecule has 1 aliphatic heterocycles. The van der Waals surface area contributed by atoms with Gasteiger partial charge < -0.3 is 9.47 Å². The Kier molecular flexibility index (Phi) is 4.20. The summed E-state index contributed by atoms with van der Waals surface area (Å²) in [5, 5.41) is 0.806. The van der Waals surface area contributed by atoms with E-state index in [1.165, 1.54) is 5.56 Å². The Morgan fingerprint density at radius 1 is 1.47 bits per heavy atom. The highest BCUT2D eigenvalue weighted by Crippen LogP contribution is 2.25. The van der Waals surface area contributed by atoms with Crippen molar-refractivity contribution in [3.8, 4) is 0 Å². The van der Waals surface area contributed by atoms with Gasteiger partial charge in [0.1, 0.15) is 6.10 Å². The van der Waals surface area contributed by atoms with E-state index in [1.807, 2.05) is 12.1 Å². The predicted molar refractivity (Wildman–Crippen MR) is 66.4 cm³/mol. The maximum Gasteiger partial charge on any atom is 0.105 e. The largest absolute Gasteiger partial charge is 0.376 e. The summed E-state index contributed by atoms with van der Waals surface area (Å²) in [5.74, 6) is 0. The van der Waals surface area contributed by atoms with Gasteiger partial charge in [-0.1, -0.05) is 44.0 Å². The summed E-state index contributed by atoms with van der Waals surface area (Å²) in [6.45, 7) is 1.44. The molecule has 0 saturated carbocycles. The third-order valence-corrected chi connectivity index (χ3v) is 3.41. The Hall–Kier alpha value is 0.100. The maximum atomic E-state index is 5.88. The lowest BCUT2D eigenvalue weighted by atomic mass is 10.1. The summed E-state index contributed by atoms with van der Waals surface area (Å²) >= 11 is 6.94. The van der Waals surface area contributed by atoms with Gasteiger partial charge in [0.15, 0.2) is 0 Å². The maximum absolute atomic E-state index is 5.88. The molecule has 1 unspecified atom stereocenters. The Labute approximate surface area is 106 Å². The standard InChI is InChI=1S/C11H12Br2O2/c12-5-11(15-10-6-14-7-10)8-2-1-3-9(13)4-8/h1-4,10-11H,5-7H2. The van der Waals surface area contributed by atoms with Crippen LogP contribution in [0.5, 0.6) is 0 Å². The highest BCUT2D eigenvalue weighted by molar-refractivity contribution is 9.10. The molecule has 1 heterocycles. The van der Waals surface area contributed by atoms with Crippen molar-refractivity contribution in [3.05, 3.63) is 34.3 Å². The van der Waals surface area contributed by atoms with Crippen LogP contribution in [0.3, 0.4) is 0 Å². The second kappa shape index (κ2) is 5.43. The average Bonchev–Trinajstić information content (AvgIpc) is 2.16. The van der Waals surface area contributed by atoms with Crippen molar-refractivity contribution in [3.63, 3.8) is 0 Å². The van der Waals surface area contributed by atoms with Crippen molar-refractivity contribution in [1.29, 1.82) is 0 Å². The molecule has 1 aromatic rings. The van der Waals surface area contributed by atoms with Crippen LogP contribution in [-0.2, 0) is 9.47 Å². The number of halogens is 2. The molecule has 1 saturated heterocycles. The Balaban J connectivity index is 2.04. The van der Waals surface area contributed by atoms with Gasteiger partial charge >= 0.3 is 0 Å². The minimum absolute atomic E-state index is 0.108. The number of ether oxygens (including phenoxy) is 2. The fourth-order valence-electron chi connectivity index (χ4n) is 1.44. The molecule has 0 aliphatic carbocycles. The summed E-state index contributed by atoms with van der Waals surface area (Å²) in [7, 11) is 0. The molecule has 0 amide bonds. The first-order valence-corrected chi connectivity index (χ1v) is 6.75. The van der Waals surface area contributed by atoms with Crippen molar-refractivity contribution >= 4 is 31.9 Å². The third kappa shape index (κ3) is 3.03. The lowest BCUT2D eigenvalue weighted by Gasteiger charge is -2.30. The molecule has 1 fully saturated rings. The highest BCUT2D eigenvalue weighted by atomic mass is 79.9. The number of alkyl halides is 1. The average molecular weight is 336 g/mol.